The first-order valence-corrected chi connectivity index (χ1v) is 14.0. The zero-order valence-corrected chi connectivity index (χ0v) is 22.2. The molecule has 1 aliphatic rings. The van der Waals surface area contributed by atoms with Crippen LogP contribution in [0.5, 0.6) is 0 Å². The Balaban J connectivity index is 1.33. The van der Waals surface area contributed by atoms with Gasteiger partial charge < -0.3 is 4.98 Å². The maximum atomic E-state index is 13.5. The van der Waals surface area contributed by atoms with Crippen molar-refractivity contribution in [2.24, 2.45) is 7.05 Å². The highest BCUT2D eigenvalue weighted by Crippen LogP contribution is 2.25. The van der Waals surface area contributed by atoms with Gasteiger partial charge in [0, 0.05) is 52.0 Å². The molecular formula is C27H30FN5O4S. The van der Waals surface area contributed by atoms with Crippen LogP contribution in [0.15, 0.2) is 69.1 Å². The summed E-state index contributed by atoms with van der Waals surface area (Å²) in [6.45, 7) is 4.60. The number of nitrogens with one attached hydrogen (secondary N) is 1. The van der Waals surface area contributed by atoms with Gasteiger partial charge in [-0.05, 0) is 47.9 Å². The quantitative estimate of drug-likeness (QED) is 0.389. The fourth-order valence-corrected chi connectivity index (χ4v) is 6.35. The van der Waals surface area contributed by atoms with Gasteiger partial charge in [0.2, 0.25) is 10.0 Å². The maximum Gasteiger partial charge on any atom is 0.331 e. The third-order valence-corrected chi connectivity index (χ3v) is 8.92. The average Bonchev–Trinajstić information content (AvgIpc) is 3.36. The van der Waals surface area contributed by atoms with Crippen LogP contribution in [0, 0.1) is 5.82 Å². The van der Waals surface area contributed by atoms with Gasteiger partial charge >= 0.3 is 5.69 Å². The van der Waals surface area contributed by atoms with E-state index in [-0.39, 0.29) is 22.0 Å². The number of nitrogens with zero attached hydrogens (tertiary/aromatic N) is 4. The van der Waals surface area contributed by atoms with Crippen LogP contribution in [0.1, 0.15) is 18.9 Å². The lowest BCUT2D eigenvalue weighted by Crippen LogP contribution is -2.48. The minimum absolute atomic E-state index is 0.189. The van der Waals surface area contributed by atoms with E-state index in [1.54, 1.807) is 43.4 Å². The van der Waals surface area contributed by atoms with Crippen molar-refractivity contribution < 1.29 is 12.8 Å². The Bertz CT molecular complexity index is 1700. The number of rotatable bonds is 7. The fourth-order valence-electron chi connectivity index (χ4n) is 4.93. The van der Waals surface area contributed by atoms with Gasteiger partial charge in [0.05, 0.1) is 10.4 Å². The molecule has 0 spiro atoms. The van der Waals surface area contributed by atoms with Crippen LogP contribution in [0.25, 0.3) is 22.3 Å². The van der Waals surface area contributed by atoms with Crippen LogP contribution in [0.4, 0.5) is 4.39 Å². The minimum atomic E-state index is -3.68. The lowest BCUT2D eigenvalue weighted by Gasteiger charge is -2.34. The van der Waals surface area contributed by atoms with Gasteiger partial charge in [-0.3, -0.25) is 18.8 Å². The average molecular weight is 540 g/mol. The first-order valence-electron chi connectivity index (χ1n) is 12.6. The SMILES string of the molecule is CCCn1c(=O)c2[nH]c(-c3ccc(S(=O)(=O)N4CCN(Cc5cccc(F)c5)CC4)cc3)cc2n(C)c1=O. The molecule has 0 bridgehead atoms. The summed E-state index contributed by atoms with van der Waals surface area (Å²) in [5.74, 6) is -0.280. The van der Waals surface area contributed by atoms with E-state index in [2.05, 4.69) is 9.88 Å². The summed E-state index contributed by atoms with van der Waals surface area (Å²) < 4.78 is 44.2. The van der Waals surface area contributed by atoms with Crippen molar-refractivity contribution in [3.05, 3.63) is 86.8 Å². The Kier molecular flexibility index (Phi) is 7.08. The molecular weight excluding hydrogens is 509 g/mol. The molecule has 0 radical (unpaired) electrons. The second kappa shape index (κ2) is 10.3. The number of benzene rings is 2. The molecule has 0 unspecified atom stereocenters. The number of sulfonamides is 1. The topological polar surface area (TPSA) is 100 Å². The Hall–Kier alpha value is -3.54. The molecule has 2 aromatic heterocycles. The second-order valence-corrected chi connectivity index (χ2v) is 11.5. The monoisotopic (exact) mass is 539 g/mol. The van der Waals surface area contributed by atoms with E-state index in [4.69, 9.17) is 0 Å². The van der Waals surface area contributed by atoms with E-state index < -0.39 is 10.0 Å². The summed E-state index contributed by atoms with van der Waals surface area (Å²) in [7, 11) is -2.06. The lowest BCUT2D eigenvalue weighted by atomic mass is 10.1. The molecule has 5 rings (SSSR count). The first-order chi connectivity index (χ1) is 18.2. The van der Waals surface area contributed by atoms with Gasteiger partial charge in [-0.1, -0.05) is 31.2 Å². The number of aromatic nitrogens is 3. The molecule has 0 aliphatic carbocycles. The zero-order valence-electron chi connectivity index (χ0n) is 21.4. The van der Waals surface area contributed by atoms with Crippen molar-refractivity contribution in [1.82, 2.24) is 23.3 Å². The van der Waals surface area contributed by atoms with E-state index in [0.29, 0.717) is 68.0 Å². The molecule has 200 valence electrons. The van der Waals surface area contributed by atoms with Crippen LogP contribution in [-0.2, 0) is 30.2 Å². The maximum absolute atomic E-state index is 13.5. The standard InChI is InChI=1S/C27H30FN5O4S/c1-3-11-33-26(34)25-24(30(2)27(33)35)17-23(29-25)20-7-9-22(10-8-20)38(36,37)32-14-12-31(13-15-32)18-19-5-4-6-21(28)16-19/h4-10,16-17,29H,3,11-15,18H2,1-2H3. The third-order valence-electron chi connectivity index (χ3n) is 7.01. The number of hydrogen-bond donors (Lipinski definition) is 1. The number of fused-ring (bicyclic) bond motifs is 1. The number of H-pyrrole nitrogens is 1. The first kappa shape index (κ1) is 26.1. The molecule has 0 amide bonds. The molecule has 4 aromatic rings. The summed E-state index contributed by atoms with van der Waals surface area (Å²) in [6.07, 6.45) is 0.659. The number of aryl methyl sites for hydroxylation is 1. The summed E-state index contributed by atoms with van der Waals surface area (Å²) >= 11 is 0. The molecule has 1 saturated heterocycles. The summed E-state index contributed by atoms with van der Waals surface area (Å²) in [4.78, 5) is 30.9. The molecule has 1 aliphatic heterocycles. The molecule has 9 nitrogen and oxygen atoms in total. The van der Waals surface area contributed by atoms with E-state index in [1.165, 1.54) is 25.6 Å². The largest absolute Gasteiger partial charge is 0.349 e. The van der Waals surface area contributed by atoms with Crippen LogP contribution in [0.2, 0.25) is 0 Å². The summed E-state index contributed by atoms with van der Waals surface area (Å²) in [5.41, 5.74) is 2.28. The van der Waals surface area contributed by atoms with Gasteiger partial charge in [-0.2, -0.15) is 4.31 Å². The van der Waals surface area contributed by atoms with Crippen molar-refractivity contribution in [2.75, 3.05) is 26.2 Å². The molecule has 0 atom stereocenters. The van der Waals surface area contributed by atoms with Crippen molar-refractivity contribution in [1.29, 1.82) is 0 Å². The molecule has 3 heterocycles. The van der Waals surface area contributed by atoms with Crippen molar-refractivity contribution in [3.8, 4) is 11.3 Å². The molecule has 2 aromatic carbocycles. The van der Waals surface area contributed by atoms with E-state index in [0.717, 1.165) is 5.56 Å². The Morgan fingerprint density at radius 2 is 1.68 bits per heavy atom. The van der Waals surface area contributed by atoms with Crippen molar-refractivity contribution in [2.45, 2.75) is 31.3 Å². The van der Waals surface area contributed by atoms with Crippen molar-refractivity contribution >= 4 is 21.1 Å². The molecule has 0 saturated carbocycles. The fraction of sp³-hybridized carbons (Fsp3) is 0.333. The lowest BCUT2D eigenvalue weighted by molar-refractivity contribution is 0.181. The number of aromatic amines is 1. The van der Waals surface area contributed by atoms with E-state index in [9.17, 15) is 22.4 Å². The van der Waals surface area contributed by atoms with E-state index in [1.807, 2.05) is 13.0 Å². The Labute approximate surface area is 219 Å². The minimum Gasteiger partial charge on any atom is -0.349 e. The van der Waals surface area contributed by atoms with Crippen molar-refractivity contribution in [3.63, 3.8) is 0 Å². The summed E-state index contributed by atoms with van der Waals surface area (Å²) in [5, 5.41) is 0. The second-order valence-electron chi connectivity index (χ2n) is 9.58. The third kappa shape index (κ3) is 4.84. The Morgan fingerprint density at radius 1 is 0.974 bits per heavy atom. The smallest absolute Gasteiger partial charge is 0.331 e. The predicted molar refractivity (Wildman–Crippen MR) is 144 cm³/mol. The van der Waals surface area contributed by atoms with Gasteiger partial charge in [0.15, 0.2) is 0 Å². The van der Waals surface area contributed by atoms with Gasteiger partial charge in [0.25, 0.3) is 5.56 Å². The van der Waals surface area contributed by atoms with E-state index >= 15 is 0 Å². The zero-order chi connectivity index (χ0) is 27.0. The highest BCUT2D eigenvalue weighted by molar-refractivity contribution is 7.89. The number of piperazine rings is 1. The van der Waals surface area contributed by atoms with Crippen LogP contribution >= 0.6 is 0 Å². The highest BCUT2D eigenvalue weighted by atomic mass is 32.2. The van der Waals surface area contributed by atoms with Crippen LogP contribution in [-0.4, -0.2) is 57.9 Å². The van der Waals surface area contributed by atoms with Crippen LogP contribution in [0.3, 0.4) is 0 Å². The molecule has 38 heavy (non-hydrogen) atoms. The van der Waals surface area contributed by atoms with Gasteiger partial charge in [-0.25, -0.2) is 17.6 Å². The highest BCUT2D eigenvalue weighted by Gasteiger charge is 2.28. The number of hydrogen-bond acceptors (Lipinski definition) is 5. The summed E-state index contributed by atoms with van der Waals surface area (Å²) in [6, 6.07) is 14.7. The van der Waals surface area contributed by atoms with Crippen LogP contribution < -0.4 is 11.2 Å². The molecule has 11 heteroatoms. The molecule has 1 N–H and O–H groups in total. The Morgan fingerprint density at radius 3 is 2.34 bits per heavy atom. The van der Waals surface area contributed by atoms with Gasteiger partial charge in [-0.15, -0.1) is 0 Å². The molecule has 1 fully saturated rings. The normalized spacial score (nSPS) is 15.3. The number of halogens is 1. The predicted octanol–water partition coefficient (Wildman–Crippen LogP) is 2.75. The van der Waals surface area contributed by atoms with Gasteiger partial charge in [0.1, 0.15) is 11.3 Å².